The monoisotopic (exact) mass is 328 g/mol. The molecule has 0 radical (unpaired) electrons. The van der Waals surface area contributed by atoms with Crippen LogP contribution >= 0.6 is 0 Å². The Balaban J connectivity index is 2.43. The second-order valence-electron chi connectivity index (χ2n) is 5.40. The van der Waals surface area contributed by atoms with Crippen molar-refractivity contribution >= 4 is 15.7 Å². The van der Waals surface area contributed by atoms with E-state index in [4.69, 9.17) is 4.74 Å². The molecule has 1 saturated carbocycles. The molecule has 2 rings (SSSR count). The van der Waals surface area contributed by atoms with E-state index in [0.717, 1.165) is 18.9 Å². The van der Waals surface area contributed by atoms with Crippen LogP contribution in [0.4, 0.5) is 5.69 Å². The predicted octanol–water partition coefficient (Wildman–Crippen LogP) is 2.41. The Morgan fingerprint density at radius 3 is 2.59 bits per heavy atom. The van der Waals surface area contributed by atoms with Crippen molar-refractivity contribution in [3.8, 4) is 5.75 Å². The highest BCUT2D eigenvalue weighted by Gasteiger charge is 2.35. The van der Waals surface area contributed by atoms with Gasteiger partial charge in [0.05, 0.1) is 18.1 Å². The molecule has 8 heteroatoms. The number of hydrogen-bond acceptors (Lipinski definition) is 5. The number of benzene rings is 1. The maximum Gasteiger partial charge on any atom is 0.293 e. The van der Waals surface area contributed by atoms with Gasteiger partial charge in [0, 0.05) is 13.1 Å². The maximum absolute atomic E-state index is 12.8. The summed E-state index contributed by atoms with van der Waals surface area (Å²) in [6, 6.07) is 3.83. The van der Waals surface area contributed by atoms with Crippen LogP contribution in [0.25, 0.3) is 0 Å². The number of ether oxygens (including phenoxy) is 1. The van der Waals surface area contributed by atoms with E-state index in [2.05, 4.69) is 0 Å². The molecule has 0 aromatic heterocycles. The van der Waals surface area contributed by atoms with E-state index >= 15 is 0 Å². The van der Waals surface area contributed by atoms with Crippen molar-refractivity contribution in [3.05, 3.63) is 28.3 Å². The molecule has 0 unspecified atom stereocenters. The average Bonchev–Trinajstić information content (AvgIpc) is 3.30. The minimum atomic E-state index is -3.88. The van der Waals surface area contributed by atoms with Crippen LogP contribution in [-0.2, 0) is 10.0 Å². The van der Waals surface area contributed by atoms with Crippen LogP contribution in [0, 0.1) is 16.0 Å². The van der Waals surface area contributed by atoms with E-state index in [9.17, 15) is 18.5 Å². The van der Waals surface area contributed by atoms with Crippen LogP contribution in [0.3, 0.4) is 0 Å². The van der Waals surface area contributed by atoms with Gasteiger partial charge in [-0.15, -0.1) is 0 Å². The molecule has 0 heterocycles. The van der Waals surface area contributed by atoms with Crippen LogP contribution in [0.1, 0.15) is 26.2 Å². The first-order valence-electron chi connectivity index (χ1n) is 7.22. The number of methoxy groups -OCH3 is 1. The Morgan fingerprint density at radius 2 is 2.09 bits per heavy atom. The molecule has 1 fully saturated rings. The van der Waals surface area contributed by atoms with Crippen molar-refractivity contribution in [1.82, 2.24) is 4.31 Å². The Bertz CT molecular complexity index is 655. The zero-order chi connectivity index (χ0) is 16.3. The maximum atomic E-state index is 12.8. The van der Waals surface area contributed by atoms with E-state index in [0.29, 0.717) is 25.4 Å². The normalized spacial score (nSPS) is 15.0. The second-order valence-corrected chi connectivity index (χ2v) is 7.30. The van der Waals surface area contributed by atoms with Crippen LogP contribution in [0.15, 0.2) is 23.1 Å². The number of rotatable bonds is 8. The highest BCUT2D eigenvalue weighted by molar-refractivity contribution is 7.89. The van der Waals surface area contributed by atoms with Crippen LogP contribution in [0.2, 0.25) is 0 Å². The van der Waals surface area contributed by atoms with Gasteiger partial charge < -0.3 is 4.74 Å². The fourth-order valence-electron chi connectivity index (χ4n) is 2.27. The number of nitrogens with zero attached hydrogens (tertiary/aromatic N) is 2. The van der Waals surface area contributed by atoms with Gasteiger partial charge in [-0.05, 0) is 37.3 Å². The lowest BCUT2D eigenvalue weighted by Gasteiger charge is -2.21. The standard InChI is InChI=1S/C14H20N2O5S/c1-3-8-15(10-11-4-5-11)22(19,20)14-7-6-12(21-2)9-13(14)16(17)18/h6-7,9,11H,3-5,8,10H2,1-2H3. The molecule has 0 bridgehead atoms. The molecular formula is C14H20N2O5S. The van der Waals surface area contributed by atoms with E-state index in [1.54, 1.807) is 0 Å². The molecule has 22 heavy (non-hydrogen) atoms. The lowest BCUT2D eigenvalue weighted by atomic mass is 10.3. The summed E-state index contributed by atoms with van der Waals surface area (Å²) in [4.78, 5) is 10.3. The Labute approximate surface area is 130 Å². The molecule has 1 aromatic rings. The van der Waals surface area contributed by atoms with Crippen LogP contribution < -0.4 is 4.74 Å². The molecule has 0 saturated heterocycles. The first kappa shape index (κ1) is 16.7. The number of nitro benzene ring substituents is 1. The summed E-state index contributed by atoms with van der Waals surface area (Å²) >= 11 is 0. The molecule has 0 spiro atoms. The number of sulfonamides is 1. The van der Waals surface area contributed by atoms with Crippen molar-refractivity contribution < 1.29 is 18.1 Å². The molecule has 0 aliphatic heterocycles. The number of hydrogen-bond donors (Lipinski definition) is 0. The zero-order valence-corrected chi connectivity index (χ0v) is 13.5. The van der Waals surface area contributed by atoms with Gasteiger partial charge in [0.1, 0.15) is 5.75 Å². The minimum absolute atomic E-state index is 0.259. The van der Waals surface area contributed by atoms with Crippen molar-refractivity contribution in [3.63, 3.8) is 0 Å². The van der Waals surface area contributed by atoms with Gasteiger partial charge in [-0.1, -0.05) is 6.92 Å². The second kappa shape index (κ2) is 6.62. The first-order valence-corrected chi connectivity index (χ1v) is 8.66. The summed E-state index contributed by atoms with van der Waals surface area (Å²) in [6.45, 7) is 2.68. The number of nitro groups is 1. The summed E-state index contributed by atoms with van der Waals surface area (Å²) in [7, 11) is -2.50. The topological polar surface area (TPSA) is 89.8 Å². The summed E-state index contributed by atoms with van der Waals surface area (Å²) in [6.07, 6.45) is 2.69. The molecule has 1 aliphatic rings. The van der Waals surface area contributed by atoms with Gasteiger partial charge >= 0.3 is 0 Å². The van der Waals surface area contributed by atoms with Gasteiger partial charge in [0.2, 0.25) is 10.0 Å². The van der Waals surface area contributed by atoms with Crippen molar-refractivity contribution in [2.24, 2.45) is 5.92 Å². The van der Waals surface area contributed by atoms with E-state index in [1.165, 1.54) is 23.5 Å². The zero-order valence-electron chi connectivity index (χ0n) is 12.7. The van der Waals surface area contributed by atoms with Gasteiger partial charge in [-0.3, -0.25) is 10.1 Å². The van der Waals surface area contributed by atoms with Gasteiger partial charge in [0.25, 0.3) is 5.69 Å². The Hall–Kier alpha value is -1.67. The third-order valence-electron chi connectivity index (χ3n) is 3.61. The smallest absolute Gasteiger partial charge is 0.293 e. The third-order valence-corrected chi connectivity index (χ3v) is 5.52. The van der Waals surface area contributed by atoms with Crippen molar-refractivity contribution in [1.29, 1.82) is 0 Å². The van der Waals surface area contributed by atoms with E-state index in [1.807, 2.05) is 6.92 Å². The summed E-state index contributed by atoms with van der Waals surface area (Å²) < 4.78 is 31.9. The Morgan fingerprint density at radius 1 is 1.41 bits per heavy atom. The average molecular weight is 328 g/mol. The largest absolute Gasteiger partial charge is 0.497 e. The molecule has 0 amide bonds. The SMILES string of the molecule is CCCN(CC1CC1)S(=O)(=O)c1ccc(OC)cc1[N+](=O)[O-]. The minimum Gasteiger partial charge on any atom is -0.497 e. The van der Waals surface area contributed by atoms with E-state index < -0.39 is 20.6 Å². The van der Waals surface area contributed by atoms with Crippen molar-refractivity contribution in [2.75, 3.05) is 20.2 Å². The lowest BCUT2D eigenvalue weighted by Crippen LogP contribution is -2.34. The summed E-state index contributed by atoms with van der Waals surface area (Å²) in [5.41, 5.74) is -0.448. The molecule has 0 atom stereocenters. The first-order chi connectivity index (χ1) is 10.4. The van der Waals surface area contributed by atoms with Crippen LogP contribution in [-0.4, -0.2) is 37.8 Å². The molecular weight excluding hydrogens is 308 g/mol. The van der Waals surface area contributed by atoms with Crippen molar-refractivity contribution in [2.45, 2.75) is 31.1 Å². The molecule has 1 aromatic carbocycles. The van der Waals surface area contributed by atoms with Crippen LogP contribution in [0.5, 0.6) is 5.75 Å². The highest BCUT2D eigenvalue weighted by Crippen LogP contribution is 2.34. The lowest BCUT2D eigenvalue weighted by molar-refractivity contribution is -0.387. The quantitative estimate of drug-likeness (QED) is 0.540. The fourth-order valence-corrected chi connectivity index (χ4v) is 4.02. The van der Waals surface area contributed by atoms with Gasteiger partial charge in [-0.2, -0.15) is 4.31 Å². The summed E-state index contributed by atoms with van der Waals surface area (Å²) in [5, 5.41) is 11.2. The molecule has 0 N–H and O–H groups in total. The van der Waals surface area contributed by atoms with Gasteiger partial charge in [0.15, 0.2) is 4.90 Å². The third kappa shape index (κ3) is 3.56. The molecule has 122 valence electrons. The fraction of sp³-hybridized carbons (Fsp3) is 0.571. The van der Waals surface area contributed by atoms with E-state index in [-0.39, 0.29) is 10.6 Å². The Kier molecular flexibility index (Phi) is 5.02. The molecule has 7 nitrogen and oxygen atoms in total. The highest BCUT2D eigenvalue weighted by atomic mass is 32.2. The van der Waals surface area contributed by atoms with Gasteiger partial charge in [-0.25, -0.2) is 8.42 Å². The molecule has 1 aliphatic carbocycles. The summed E-state index contributed by atoms with van der Waals surface area (Å²) in [5.74, 6) is 0.633. The predicted molar refractivity (Wildman–Crippen MR) is 81.4 cm³/mol.